The van der Waals surface area contributed by atoms with E-state index in [1.807, 2.05) is 0 Å². The second-order valence-corrected chi connectivity index (χ2v) is 3.35. The number of likely N-dealkylation sites (N-methyl/N-ethyl adjacent to an activating group) is 2. The number of carbonyl (C=O) groups excluding carboxylic acids is 1. The molecule has 0 saturated carbocycles. The van der Waals surface area contributed by atoms with Crippen LogP contribution in [0.25, 0.3) is 0 Å². The molecular weight excluding hydrogens is 166 g/mol. The molecule has 78 valence electrons. The standard InChI is InChI=1S/C9H21N3O/c1-7(2)12-6-5-8(10-3)9(13)11-4/h7-8,10,12H,5-6H2,1-4H3,(H,11,13). The Morgan fingerprint density at radius 1 is 1.31 bits per heavy atom. The molecule has 0 fully saturated rings. The summed E-state index contributed by atoms with van der Waals surface area (Å²) in [5.74, 6) is 0.0491. The van der Waals surface area contributed by atoms with Gasteiger partial charge in [0.1, 0.15) is 0 Å². The largest absolute Gasteiger partial charge is 0.358 e. The molecule has 0 aliphatic heterocycles. The molecule has 0 heterocycles. The number of nitrogens with one attached hydrogen (secondary N) is 3. The van der Waals surface area contributed by atoms with E-state index in [2.05, 4.69) is 29.8 Å². The molecule has 0 aliphatic carbocycles. The lowest BCUT2D eigenvalue weighted by molar-refractivity contribution is -0.122. The first-order valence-electron chi connectivity index (χ1n) is 4.74. The molecule has 0 bridgehead atoms. The molecule has 13 heavy (non-hydrogen) atoms. The molecular formula is C9H21N3O. The SMILES string of the molecule is CNC(=O)C(CCNC(C)C)NC. The Kier molecular flexibility index (Phi) is 6.54. The average Bonchev–Trinajstić information content (AvgIpc) is 2.11. The van der Waals surface area contributed by atoms with Gasteiger partial charge in [0, 0.05) is 13.1 Å². The van der Waals surface area contributed by atoms with E-state index in [1.165, 1.54) is 0 Å². The zero-order chi connectivity index (χ0) is 10.3. The van der Waals surface area contributed by atoms with Gasteiger partial charge in [-0.2, -0.15) is 0 Å². The quantitative estimate of drug-likeness (QED) is 0.535. The Morgan fingerprint density at radius 3 is 2.31 bits per heavy atom. The van der Waals surface area contributed by atoms with Crippen LogP contribution >= 0.6 is 0 Å². The van der Waals surface area contributed by atoms with Crippen molar-refractivity contribution in [2.24, 2.45) is 0 Å². The van der Waals surface area contributed by atoms with Gasteiger partial charge in [0.25, 0.3) is 0 Å². The van der Waals surface area contributed by atoms with Crippen molar-refractivity contribution in [3.05, 3.63) is 0 Å². The van der Waals surface area contributed by atoms with E-state index in [0.717, 1.165) is 13.0 Å². The van der Waals surface area contributed by atoms with Gasteiger partial charge < -0.3 is 16.0 Å². The summed E-state index contributed by atoms with van der Waals surface area (Å²) in [6.45, 7) is 5.04. The second kappa shape index (κ2) is 6.86. The second-order valence-electron chi connectivity index (χ2n) is 3.35. The molecule has 0 aromatic heterocycles. The van der Waals surface area contributed by atoms with Gasteiger partial charge in [-0.25, -0.2) is 0 Å². The predicted octanol–water partition coefficient (Wildman–Crippen LogP) is -0.291. The van der Waals surface area contributed by atoms with Gasteiger partial charge in [-0.15, -0.1) is 0 Å². The third kappa shape index (κ3) is 5.60. The van der Waals surface area contributed by atoms with Gasteiger partial charge in [-0.1, -0.05) is 13.8 Å². The fraction of sp³-hybridized carbons (Fsp3) is 0.889. The number of hydrogen-bond acceptors (Lipinski definition) is 3. The fourth-order valence-corrected chi connectivity index (χ4v) is 1.10. The van der Waals surface area contributed by atoms with E-state index in [1.54, 1.807) is 14.1 Å². The number of carbonyl (C=O) groups is 1. The lowest BCUT2D eigenvalue weighted by atomic mass is 10.2. The third-order valence-electron chi connectivity index (χ3n) is 1.90. The lowest BCUT2D eigenvalue weighted by Crippen LogP contribution is -2.43. The molecule has 4 nitrogen and oxygen atoms in total. The van der Waals surface area contributed by atoms with Crippen LogP contribution in [-0.2, 0) is 4.79 Å². The zero-order valence-corrected chi connectivity index (χ0v) is 8.98. The first-order chi connectivity index (χ1) is 6.11. The number of rotatable bonds is 6. The van der Waals surface area contributed by atoms with Crippen LogP contribution in [0.15, 0.2) is 0 Å². The maximum atomic E-state index is 11.2. The highest BCUT2D eigenvalue weighted by molar-refractivity contribution is 5.81. The molecule has 4 heteroatoms. The molecule has 1 amide bonds. The molecule has 1 unspecified atom stereocenters. The molecule has 0 rings (SSSR count). The summed E-state index contributed by atoms with van der Waals surface area (Å²) < 4.78 is 0. The summed E-state index contributed by atoms with van der Waals surface area (Å²) in [5.41, 5.74) is 0. The van der Waals surface area contributed by atoms with Crippen molar-refractivity contribution in [2.45, 2.75) is 32.4 Å². The van der Waals surface area contributed by atoms with E-state index in [-0.39, 0.29) is 11.9 Å². The van der Waals surface area contributed by atoms with Gasteiger partial charge in [0.15, 0.2) is 0 Å². The van der Waals surface area contributed by atoms with Crippen molar-refractivity contribution < 1.29 is 4.79 Å². The minimum Gasteiger partial charge on any atom is -0.358 e. The fourth-order valence-electron chi connectivity index (χ4n) is 1.10. The van der Waals surface area contributed by atoms with Crippen LogP contribution in [-0.4, -0.2) is 38.6 Å². The van der Waals surface area contributed by atoms with E-state index in [9.17, 15) is 4.79 Å². The topological polar surface area (TPSA) is 53.2 Å². The van der Waals surface area contributed by atoms with Gasteiger partial charge in [-0.3, -0.25) is 4.79 Å². The van der Waals surface area contributed by atoms with Crippen LogP contribution in [0.5, 0.6) is 0 Å². The highest BCUT2D eigenvalue weighted by Gasteiger charge is 2.13. The van der Waals surface area contributed by atoms with Gasteiger partial charge >= 0.3 is 0 Å². The summed E-state index contributed by atoms with van der Waals surface area (Å²) >= 11 is 0. The van der Waals surface area contributed by atoms with E-state index < -0.39 is 0 Å². The summed E-state index contributed by atoms with van der Waals surface area (Å²) in [5, 5.41) is 8.87. The molecule has 3 N–H and O–H groups in total. The molecule has 0 radical (unpaired) electrons. The Morgan fingerprint density at radius 2 is 1.92 bits per heavy atom. The van der Waals surface area contributed by atoms with E-state index in [0.29, 0.717) is 6.04 Å². The van der Waals surface area contributed by atoms with Crippen LogP contribution in [0.1, 0.15) is 20.3 Å². The molecule has 0 aromatic rings. The van der Waals surface area contributed by atoms with E-state index in [4.69, 9.17) is 0 Å². The zero-order valence-electron chi connectivity index (χ0n) is 8.98. The van der Waals surface area contributed by atoms with Crippen LogP contribution in [0.4, 0.5) is 0 Å². The summed E-state index contributed by atoms with van der Waals surface area (Å²) in [6.07, 6.45) is 0.814. The maximum Gasteiger partial charge on any atom is 0.236 e. The van der Waals surface area contributed by atoms with Crippen LogP contribution < -0.4 is 16.0 Å². The van der Waals surface area contributed by atoms with Crippen molar-refractivity contribution in [3.8, 4) is 0 Å². The molecule has 0 spiro atoms. The molecule has 1 atom stereocenters. The van der Waals surface area contributed by atoms with Crippen molar-refractivity contribution in [1.29, 1.82) is 0 Å². The molecule has 0 saturated heterocycles. The van der Waals surface area contributed by atoms with Crippen molar-refractivity contribution in [1.82, 2.24) is 16.0 Å². The minimum absolute atomic E-state index is 0.0491. The minimum atomic E-state index is -0.0868. The van der Waals surface area contributed by atoms with Crippen molar-refractivity contribution >= 4 is 5.91 Å². The average molecular weight is 187 g/mol. The number of amides is 1. The Balaban J connectivity index is 3.66. The van der Waals surface area contributed by atoms with Crippen molar-refractivity contribution in [2.75, 3.05) is 20.6 Å². The third-order valence-corrected chi connectivity index (χ3v) is 1.90. The van der Waals surface area contributed by atoms with E-state index >= 15 is 0 Å². The Labute approximate surface area is 80.5 Å². The summed E-state index contributed by atoms with van der Waals surface area (Å²) in [6, 6.07) is 0.387. The molecule has 0 aliphatic rings. The maximum absolute atomic E-state index is 11.2. The summed E-state index contributed by atoms with van der Waals surface area (Å²) in [4.78, 5) is 11.2. The smallest absolute Gasteiger partial charge is 0.236 e. The van der Waals surface area contributed by atoms with Crippen LogP contribution in [0.2, 0.25) is 0 Å². The van der Waals surface area contributed by atoms with Gasteiger partial charge in [-0.05, 0) is 20.0 Å². The highest BCUT2D eigenvalue weighted by atomic mass is 16.2. The monoisotopic (exact) mass is 187 g/mol. The van der Waals surface area contributed by atoms with Gasteiger partial charge in [0.05, 0.1) is 6.04 Å². The normalized spacial score (nSPS) is 13.0. The van der Waals surface area contributed by atoms with Crippen molar-refractivity contribution in [3.63, 3.8) is 0 Å². The van der Waals surface area contributed by atoms with Gasteiger partial charge in [0.2, 0.25) is 5.91 Å². The first-order valence-corrected chi connectivity index (χ1v) is 4.74. The Hall–Kier alpha value is -0.610. The van der Waals surface area contributed by atoms with Crippen LogP contribution in [0, 0.1) is 0 Å². The highest BCUT2D eigenvalue weighted by Crippen LogP contribution is 1.90. The number of hydrogen-bond donors (Lipinski definition) is 3. The lowest BCUT2D eigenvalue weighted by Gasteiger charge is -2.15. The van der Waals surface area contributed by atoms with Crippen LogP contribution in [0.3, 0.4) is 0 Å². The Bertz CT molecular complexity index is 148. The predicted molar refractivity (Wildman–Crippen MR) is 54.7 cm³/mol. The molecule has 0 aromatic carbocycles. The first kappa shape index (κ1) is 12.4. The summed E-state index contributed by atoms with van der Waals surface area (Å²) in [7, 11) is 3.46.